The van der Waals surface area contributed by atoms with E-state index < -0.39 is 0 Å². The third kappa shape index (κ3) is 3.92. The molecule has 0 unspecified atom stereocenters. The number of hydrogen-bond donors (Lipinski definition) is 1. The highest BCUT2D eigenvalue weighted by Gasteiger charge is 2.25. The number of aromatic amines is 1. The van der Waals surface area contributed by atoms with E-state index >= 15 is 0 Å². The van der Waals surface area contributed by atoms with Crippen molar-refractivity contribution in [2.45, 2.75) is 52.2 Å². The summed E-state index contributed by atoms with van der Waals surface area (Å²) in [7, 11) is 0. The third-order valence-corrected chi connectivity index (χ3v) is 5.24. The van der Waals surface area contributed by atoms with Crippen molar-refractivity contribution in [3.8, 4) is 0 Å². The molecule has 0 spiro atoms. The number of rotatable bonds is 4. The van der Waals surface area contributed by atoms with E-state index in [-0.39, 0.29) is 11.0 Å². The number of hydrogen-bond acceptors (Lipinski definition) is 4. The van der Waals surface area contributed by atoms with Crippen LogP contribution in [0, 0.1) is 0 Å². The summed E-state index contributed by atoms with van der Waals surface area (Å²) < 4.78 is 2.18. The van der Waals surface area contributed by atoms with Crippen molar-refractivity contribution >= 4 is 0 Å². The van der Waals surface area contributed by atoms with Crippen molar-refractivity contribution < 1.29 is 0 Å². The van der Waals surface area contributed by atoms with Crippen LogP contribution in [0.4, 0.5) is 0 Å². The van der Waals surface area contributed by atoms with Crippen LogP contribution in [-0.2, 0) is 31.5 Å². The van der Waals surface area contributed by atoms with E-state index in [2.05, 4.69) is 64.5 Å². The molecule has 6 nitrogen and oxygen atoms in total. The smallest absolute Gasteiger partial charge is 0.255 e. The van der Waals surface area contributed by atoms with E-state index in [1.807, 2.05) is 18.6 Å². The molecule has 1 aliphatic rings. The average Bonchev–Trinajstić information content (AvgIpc) is 3.09. The van der Waals surface area contributed by atoms with Crippen LogP contribution in [0.25, 0.3) is 0 Å². The molecular weight excluding hydrogens is 350 g/mol. The van der Waals surface area contributed by atoms with Gasteiger partial charge in [0.1, 0.15) is 5.82 Å². The number of benzene rings is 1. The normalized spacial score (nSPS) is 14.8. The van der Waals surface area contributed by atoms with Crippen LogP contribution in [-0.4, -0.2) is 31.0 Å². The van der Waals surface area contributed by atoms with Gasteiger partial charge in [-0.3, -0.25) is 9.69 Å². The van der Waals surface area contributed by atoms with E-state index in [4.69, 9.17) is 4.98 Å². The Morgan fingerprint density at radius 1 is 1.14 bits per heavy atom. The van der Waals surface area contributed by atoms with E-state index in [1.165, 1.54) is 5.56 Å². The summed E-state index contributed by atoms with van der Waals surface area (Å²) in [4.78, 5) is 27.0. The van der Waals surface area contributed by atoms with Crippen LogP contribution in [0.15, 0.2) is 47.7 Å². The van der Waals surface area contributed by atoms with Crippen LogP contribution in [0.1, 0.15) is 49.1 Å². The lowest BCUT2D eigenvalue weighted by molar-refractivity contribution is 0.235. The fourth-order valence-electron chi connectivity index (χ4n) is 3.60. The van der Waals surface area contributed by atoms with Gasteiger partial charge in [-0.15, -0.1) is 0 Å². The van der Waals surface area contributed by atoms with Crippen molar-refractivity contribution in [2.24, 2.45) is 0 Å². The molecular formula is C22H27N5O. The van der Waals surface area contributed by atoms with E-state index in [1.54, 1.807) is 0 Å². The topological polar surface area (TPSA) is 66.8 Å². The molecule has 0 fully saturated rings. The largest absolute Gasteiger partial charge is 0.329 e. The van der Waals surface area contributed by atoms with Gasteiger partial charge >= 0.3 is 0 Å². The molecule has 2 aromatic heterocycles. The first-order valence-corrected chi connectivity index (χ1v) is 9.78. The van der Waals surface area contributed by atoms with Crippen molar-refractivity contribution in [1.29, 1.82) is 0 Å². The van der Waals surface area contributed by atoms with Gasteiger partial charge < -0.3 is 9.55 Å². The Morgan fingerprint density at radius 2 is 1.93 bits per heavy atom. The molecule has 4 rings (SSSR count). The monoisotopic (exact) mass is 377 g/mol. The number of H-pyrrole nitrogens is 1. The molecule has 3 aromatic rings. The minimum Gasteiger partial charge on any atom is -0.329 e. The van der Waals surface area contributed by atoms with E-state index in [9.17, 15) is 4.79 Å². The number of nitrogens with zero attached hydrogens (tertiary/aromatic N) is 4. The Hall–Kier alpha value is -2.73. The quantitative estimate of drug-likeness (QED) is 0.759. The van der Waals surface area contributed by atoms with Crippen LogP contribution >= 0.6 is 0 Å². The lowest BCUT2D eigenvalue weighted by Crippen LogP contribution is -2.37. The zero-order valence-electron chi connectivity index (χ0n) is 16.8. The third-order valence-electron chi connectivity index (χ3n) is 5.24. The molecule has 1 N–H and O–H groups in total. The van der Waals surface area contributed by atoms with Gasteiger partial charge in [-0.2, -0.15) is 0 Å². The maximum absolute atomic E-state index is 12.6. The van der Waals surface area contributed by atoms with Gasteiger partial charge in [-0.05, 0) is 5.56 Å². The van der Waals surface area contributed by atoms with Crippen molar-refractivity contribution in [1.82, 2.24) is 24.4 Å². The van der Waals surface area contributed by atoms with Crippen LogP contribution in [0.2, 0.25) is 0 Å². The van der Waals surface area contributed by atoms with Crippen molar-refractivity contribution in [3.63, 3.8) is 0 Å². The van der Waals surface area contributed by atoms with Gasteiger partial charge in [-0.1, -0.05) is 51.1 Å². The Bertz CT molecular complexity index is 1010. The summed E-state index contributed by atoms with van der Waals surface area (Å²) in [5, 5.41) is 0. The maximum Gasteiger partial charge on any atom is 0.255 e. The minimum atomic E-state index is -0.157. The molecule has 1 aliphatic heterocycles. The van der Waals surface area contributed by atoms with Gasteiger partial charge in [-0.25, -0.2) is 9.97 Å². The molecule has 1 aromatic carbocycles. The Kier molecular flexibility index (Phi) is 4.89. The van der Waals surface area contributed by atoms with Gasteiger partial charge in [0.2, 0.25) is 0 Å². The van der Waals surface area contributed by atoms with Gasteiger partial charge in [0, 0.05) is 44.2 Å². The Morgan fingerprint density at radius 3 is 2.68 bits per heavy atom. The second-order valence-electron chi connectivity index (χ2n) is 8.55. The van der Waals surface area contributed by atoms with Crippen molar-refractivity contribution in [2.75, 3.05) is 6.54 Å². The molecule has 0 aliphatic carbocycles. The maximum atomic E-state index is 12.6. The number of imidazole rings is 1. The summed E-state index contributed by atoms with van der Waals surface area (Å²) in [6, 6.07) is 10.4. The minimum absolute atomic E-state index is 0.00239. The first-order chi connectivity index (χ1) is 13.4. The molecule has 6 heteroatoms. The summed E-state index contributed by atoms with van der Waals surface area (Å²) in [5.74, 6) is 0.769. The zero-order valence-corrected chi connectivity index (χ0v) is 16.8. The Balaban J connectivity index is 1.51. The second kappa shape index (κ2) is 7.36. The predicted molar refractivity (Wildman–Crippen MR) is 109 cm³/mol. The molecule has 146 valence electrons. The van der Waals surface area contributed by atoms with Gasteiger partial charge in [0.25, 0.3) is 5.56 Å². The van der Waals surface area contributed by atoms with Crippen molar-refractivity contribution in [3.05, 3.63) is 81.5 Å². The lowest BCUT2D eigenvalue weighted by atomic mass is 9.95. The summed E-state index contributed by atoms with van der Waals surface area (Å²) in [5.41, 5.74) is 3.99. The molecule has 3 heterocycles. The molecule has 0 bridgehead atoms. The molecule has 0 radical (unpaired) electrons. The summed E-state index contributed by atoms with van der Waals surface area (Å²) in [6.45, 7) is 9.30. The molecule has 0 amide bonds. The highest BCUT2D eigenvalue weighted by atomic mass is 16.1. The lowest BCUT2D eigenvalue weighted by Gasteiger charge is -2.29. The highest BCUT2D eigenvalue weighted by molar-refractivity contribution is 5.23. The van der Waals surface area contributed by atoms with Crippen LogP contribution in [0.3, 0.4) is 0 Å². The van der Waals surface area contributed by atoms with Crippen LogP contribution < -0.4 is 5.56 Å². The highest BCUT2D eigenvalue weighted by Crippen LogP contribution is 2.21. The predicted octanol–water partition coefficient (Wildman–Crippen LogP) is 2.87. The standard InChI is InChI=1S/C22H27N5O/c1-22(2,3)21-24-19-9-10-26(14-18(19)20(28)25-21)13-17-11-23-15-27(17)12-16-7-5-4-6-8-16/h4-8,11,15H,9-10,12-14H2,1-3H3,(H,24,25,28). The number of aromatic nitrogens is 4. The number of nitrogens with one attached hydrogen (secondary N) is 1. The van der Waals surface area contributed by atoms with Gasteiger partial charge in [0.05, 0.1) is 23.3 Å². The molecule has 0 saturated heterocycles. The summed E-state index contributed by atoms with van der Waals surface area (Å²) in [6.07, 6.45) is 4.60. The first kappa shape index (κ1) is 18.6. The number of fused-ring (bicyclic) bond motifs is 1. The molecule has 0 saturated carbocycles. The van der Waals surface area contributed by atoms with Crippen LogP contribution in [0.5, 0.6) is 0 Å². The first-order valence-electron chi connectivity index (χ1n) is 9.78. The van der Waals surface area contributed by atoms with E-state index in [0.717, 1.165) is 48.8 Å². The van der Waals surface area contributed by atoms with Gasteiger partial charge in [0.15, 0.2) is 0 Å². The average molecular weight is 377 g/mol. The second-order valence-corrected chi connectivity index (χ2v) is 8.55. The fraction of sp³-hybridized carbons (Fsp3) is 0.409. The SMILES string of the molecule is CC(C)(C)c1nc2c(c(=O)[nH]1)CN(Cc1cncn1Cc1ccccc1)CC2. The fourth-order valence-corrected chi connectivity index (χ4v) is 3.60. The molecule has 28 heavy (non-hydrogen) atoms. The summed E-state index contributed by atoms with van der Waals surface area (Å²) >= 11 is 0. The van der Waals surface area contributed by atoms with E-state index in [0.29, 0.717) is 6.54 Å². The molecule has 0 atom stereocenters. The Labute approximate surface area is 165 Å². The zero-order chi connectivity index (χ0) is 19.7.